The Morgan fingerprint density at radius 3 is 2.29 bits per heavy atom. The zero-order valence-corrected chi connectivity index (χ0v) is 12.8. The first-order valence-corrected chi connectivity index (χ1v) is 7.65. The van der Waals surface area contributed by atoms with Crippen LogP contribution in [0.1, 0.15) is 38.3 Å². The molecule has 1 aliphatic heterocycles. The number of fused-ring (bicyclic) bond motifs is 1. The minimum absolute atomic E-state index is 0.0296. The number of carbonyl (C=O) groups is 2. The first-order chi connectivity index (χ1) is 9.94. The molecular weight excluding hydrogens is 264 g/mol. The highest BCUT2D eigenvalue weighted by molar-refractivity contribution is 5.99. The summed E-state index contributed by atoms with van der Waals surface area (Å²) in [6, 6.07) is 8.07. The molecule has 1 N–H and O–H groups in total. The van der Waals surface area contributed by atoms with Gasteiger partial charge in [0.1, 0.15) is 11.6 Å². The standard InChI is InChI=1S/C17H22N2O2/c1-4-14-15(20)18-17(2,3)16(21)19(14)13-9-11-7-5-6-8-12(11)10-13/h5-8,13-14H,4,9-10H2,1-3H3,(H,18,20). The van der Waals surface area contributed by atoms with Gasteiger partial charge < -0.3 is 10.2 Å². The Balaban J connectivity index is 1.92. The maximum atomic E-state index is 12.8. The van der Waals surface area contributed by atoms with Crippen molar-refractivity contribution in [3.63, 3.8) is 0 Å². The van der Waals surface area contributed by atoms with Gasteiger partial charge in [0.2, 0.25) is 11.8 Å². The quantitative estimate of drug-likeness (QED) is 0.899. The SMILES string of the molecule is CCC1C(=O)NC(C)(C)C(=O)N1C1Cc2ccccc2C1. The molecule has 4 heteroatoms. The van der Waals surface area contributed by atoms with Crippen LogP contribution < -0.4 is 5.32 Å². The molecule has 21 heavy (non-hydrogen) atoms. The normalized spacial score (nSPS) is 24.9. The highest BCUT2D eigenvalue weighted by Gasteiger charge is 2.47. The minimum atomic E-state index is -0.808. The fourth-order valence-corrected chi connectivity index (χ4v) is 3.57. The van der Waals surface area contributed by atoms with E-state index in [2.05, 4.69) is 17.4 Å². The average Bonchev–Trinajstić information content (AvgIpc) is 2.85. The first kappa shape index (κ1) is 14.1. The minimum Gasteiger partial charge on any atom is -0.340 e. The lowest BCUT2D eigenvalue weighted by Gasteiger charge is -2.45. The lowest BCUT2D eigenvalue weighted by molar-refractivity contribution is -0.156. The van der Waals surface area contributed by atoms with Gasteiger partial charge in [0.05, 0.1) is 0 Å². The summed E-state index contributed by atoms with van der Waals surface area (Å²) in [5.41, 5.74) is 1.79. The highest BCUT2D eigenvalue weighted by atomic mass is 16.2. The number of rotatable bonds is 2. The maximum absolute atomic E-state index is 12.8. The summed E-state index contributed by atoms with van der Waals surface area (Å²) < 4.78 is 0. The van der Waals surface area contributed by atoms with Crippen LogP contribution in [0, 0.1) is 0 Å². The number of hydrogen-bond acceptors (Lipinski definition) is 2. The summed E-state index contributed by atoms with van der Waals surface area (Å²) >= 11 is 0. The molecule has 2 aliphatic rings. The lowest BCUT2D eigenvalue weighted by atomic mass is 9.93. The van der Waals surface area contributed by atoms with Crippen molar-refractivity contribution in [1.82, 2.24) is 10.2 Å². The summed E-state index contributed by atoms with van der Waals surface area (Å²) in [6.07, 6.45) is 2.35. The van der Waals surface area contributed by atoms with Crippen LogP contribution in [-0.2, 0) is 22.4 Å². The number of nitrogens with zero attached hydrogens (tertiary/aromatic N) is 1. The molecule has 0 saturated carbocycles. The monoisotopic (exact) mass is 286 g/mol. The van der Waals surface area contributed by atoms with Gasteiger partial charge in [-0.3, -0.25) is 9.59 Å². The van der Waals surface area contributed by atoms with Crippen molar-refractivity contribution in [1.29, 1.82) is 0 Å². The van der Waals surface area contributed by atoms with Crippen molar-refractivity contribution >= 4 is 11.8 Å². The first-order valence-electron chi connectivity index (χ1n) is 7.65. The molecule has 3 rings (SSSR count). The molecule has 1 aromatic rings. The van der Waals surface area contributed by atoms with Crippen molar-refractivity contribution in [2.75, 3.05) is 0 Å². The van der Waals surface area contributed by atoms with Crippen LogP contribution in [0.15, 0.2) is 24.3 Å². The molecular formula is C17H22N2O2. The van der Waals surface area contributed by atoms with Crippen LogP contribution in [0.5, 0.6) is 0 Å². The van der Waals surface area contributed by atoms with Crippen LogP contribution in [0.25, 0.3) is 0 Å². The van der Waals surface area contributed by atoms with Gasteiger partial charge in [0.15, 0.2) is 0 Å². The molecule has 0 radical (unpaired) electrons. The summed E-state index contributed by atoms with van der Waals surface area (Å²) in [6.45, 7) is 5.54. The van der Waals surface area contributed by atoms with E-state index in [0.717, 1.165) is 12.8 Å². The Bertz CT molecular complexity index is 569. The Hall–Kier alpha value is -1.84. The van der Waals surface area contributed by atoms with Crippen LogP contribution >= 0.6 is 0 Å². The summed E-state index contributed by atoms with van der Waals surface area (Å²) in [5, 5.41) is 2.85. The van der Waals surface area contributed by atoms with E-state index in [9.17, 15) is 9.59 Å². The Labute approximate surface area is 125 Å². The maximum Gasteiger partial charge on any atom is 0.248 e. The Morgan fingerprint density at radius 1 is 1.19 bits per heavy atom. The molecule has 2 amide bonds. The highest BCUT2D eigenvalue weighted by Crippen LogP contribution is 2.31. The molecule has 112 valence electrons. The Kier molecular flexibility index (Phi) is 3.27. The molecule has 1 saturated heterocycles. The molecule has 1 atom stereocenters. The number of piperazine rings is 1. The van der Waals surface area contributed by atoms with Gasteiger partial charge >= 0.3 is 0 Å². The van der Waals surface area contributed by atoms with E-state index >= 15 is 0 Å². The number of benzene rings is 1. The van der Waals surface area contributed by atoms with Gasteiger partial charge in [0.25, 0.3) is 0 Å². The van der Waals surface area contributed by atoms with E-state index in [-0.39, 0.29) is 23.9 Å². The number of hydrogen-bond donors (Lipinski definition) is 1. The number of carbonyl (C=O) groups excluding carboxylic acids is 2. The van der Waals surface area contributed by atoms with E-state index in [0.29, 0.717) is 6.42 Å². The summed E-state index contributed by atoms with van der Waals surface area (Å²) in [4.78, 5) is 27.0. The van der Waals surface area contributed by atoms with Gasteiger partial charge in [-0.25, -0.2) is 0 Å². The van der Waals surface area contributed by atoms with E-state index in [1.807, 2.05) is 24.0 Å². The molecule has 0 spiro atoms. The van der Waals surface area contributed by atoms with E-state index in [1.54, 1.807) is 13.8 Å². The second-order valence-electron chi connectivity index (χ2n) is 6.58. The van der Waals surface area contributed by atoms with Crippen LogP contribution in [0.4, 0.5) is 0 Å². The third-order valence-electron chi connectivity index (χ3n) is 4.65. The van der Waals surface area contributed by atoms with Crippen molar-refractivity contribution in [2.24, 2.45) is 0 Å². The van der Waals surface area contributed by atoms with Gasteiger partial charge in [-0.05, 0) is 44.2 Å². The van der Waals surface area contributed by atoms with Gasteiger partial charge in [-0.1, -0.05) is 31.2 Å². The molecule has 1 aromatic carbocycles. The summed E-state index contributed by atoms with van der Waals surface area (Å²) in [7, 11) is 0. The lowest BCUT2D eigenvalue weighted by Crippen LogP contribution is -2.70. The Morgan fingerprint density at radius 2 is 1.76 bits per heavy atom. The van der Waals surface area contributed by atoms with Crippen molar-refractivity contribution in [3.05, 3.63) is 35.4 Å². The molecule has 0 aromatic heterocycles. The van der Waals surface area contributed by atoms with Gasteiger partial charge in [-0.2, -0.15) is 0 Å². The van der Waals surface area contributed by atoms with Gasteiger partial charge in [-0.15, -0.1) is 0 Å². The fourth-order valence-electron chi connectivity index (χ4n) is 3.57. The van der Waals surface area contributed by atoms with E-state index in [1.165, 1.54) is 11.1 Å². The molecule has 1 aliphatic carbocycles. The van der Waals surface area contributed by atoms with Crippen molar-refractivity contribution in [2.45, 2.75) is 57.7 Å². The molecule has 0 bridgehead atoms. The predicted molar refractivity (Wildman–Crippen MR) is 80.8 cm³/mol. The second kappa shape index (κ2) is 4.86. The van der Waals surface area contributed by atoms with Crippen LogP contribution in [0.3, 0.4) is 0 Å². The zero-order valence-electron chi connectivity index (χ0n) is 12.8. The third-order valence-corrected chi connectivity index (χ3v) is 4.65. The smallest absolute Gasteiger partial charge is 0.248 e. The average molecular weight is 286 g/mol. The fraction of sp³-hybridized carbons (Fsp3) is 0.529. The summed E-state index contributed by atoms with van der Waals surface area (Å²) in [5.74, 6) is 0.00446. The predicted octanol–water partition coefficient (Wildman–Crippen LogP) is 1.67. The molecule has 1 heterocycles. The topological polar surface area (TPSA) is 49.4 Å². The van der Waals surface area contributed by atoms with Crippen molar-refractivity contribution in [3.8, 4) is 0 Å². The third kappa shape index (κ3) is 2.23. The molecule has 1 fully saturated rings. The van der Waals surface area contributed by atoms with Crippen molar-refractivity contribution < 1.29 is 9.59 Å². The van der Waals surface area contributed by atoms with E-state index < -0.39 is 5.54 Å². The molecule has 1 unspecified atom stereocenters. The number of nitrogens with one attached hydrogen (secondary N) is 1. The van der Waals surface area contributed by atoms with Gasteiger partial charge in [0, 0.05) is 6.04 Å². The largest absolute Gasteiger partial charge is 0.340 e. The molecule has 4 nitrogen and oxygen atoms in total. The van der Waals surface area contributed by atoms with E-state index in [4.69, 9.17) is 0 Å². The van der Waals surface area contributed by atoms with Crippen LogP contribution in [0.2, 0.25) is 0 Å². The van der Waals surface area contributed by atoms with Crippen LogP contribution in [-0.4, -0.2) is 34.3 Å². The number of amides is 2. The second-order valence-corrected chi connectivity index (χ2v) is 6.58. The zero-order chi connectivity index (χ0) is 15.2.